The Morgan fingerprint density at radius 2 is 2.33 bits per heavy atom. The molecule has 1 aromatic heterocycles. The van der Waals surface area contributed by atoms with E-state index in [0.29, 0.717) is 5.92 Å². The fourth-order valence-electron chi connectivity index (χ4n) is 1.98. The van der Waals surface area contributed by atoms with Gasteiger partial charge in [0.1, 0.15) is 0 Å². The van der Waals surface area contributed by atoms with Gasteiger partial charge in [-0.3, -0.25) is 4.98 Å². The highest BCUT2D eigenvalue weighted by Crippen LogP contribution is 2.38. The number of hydrogen-bond acceptors (Lipinski definition) is 2. The summed E-state index contributed by atoms with van der Waals surface area (Å²) in [7, 11) is 0. The number of hydrogen-bond donors (Lipinski definition) is 1. The zero-order chi connectivity index (χ0) is 10.8. The van der Waals surface area contributed by atoms with E-state index in [-0.39, 0.29) is 6.04 Å². The third-order valence-electron chi connectivity index (χ3n) is 3.35. The molecule has 82 valence electrons. The van der Waals surface area contributed by atoms with Crippen LogP contribution in [0.1, 0.15) is 25.3 Å². The molecular weight excluding hydrogens is 208 g/mol. The smallest absolute Gasteiger partial charge is 0.0621 e. The van der Waals surface area contributed by atoms with Crippen molar-refractivity contribution in [3.05, 3.63) is 29.0 Å². The van der Waals surface area contributed by atoms with E-state index in [1.807, 2.05) is 6.07 Å². The van der Waals surface area contributed by atoms with Crippen molar-refractivity contribution in [2.24, 2.45) is 17.6 Å². The Hall–Kier alpha value is -0.600. The highest BCUT2D eigenvalue weighted by Gasteiger charge is 2.31. The van der Waals surface area contributed by atoms with E-state index in [1.54, 1.807) is 12.4 Å². The van der Waals surface area contributed by atoms with Crippen LogP contribution in [0.15, 0.2) is 18.5 Å². The molecule has 2 atom stereocenters. The fraction of sp³-hybridized carbons (Fsp3) is 0.583. The van der Waals surface area contributed by atoms with Crippen molar-refractivity contribution in [2.45, 2.75) is 32.2 Å². The summed E-state index contributed by atoms with van der Waals surface area (Å²) in [6.45, 7) is 2.25. The Balaban J connectivity index is 1.98. The van der Waals surface area contributed by atoms with Gasteiger partial charge in [-0.15, -0.1) is 0 Å². The lowest BCUT2D eigenvalue weighted by molar-refractivity contribution is 0.404. The van der Waals surface area contributed by atoms with E-state index < -0.39 is 0 Å². The third-order valence-corrected chi connectivity index (χ3v) is 3.69. The molecule has 1 saturated carbocycles. The summed E-state index contributed by atoms with van der Waals surface area (Å²) in [5.74, 6) is 1.45. The second-order valence-corrected chi connectivity index (χ2v) is 4.94. The van der Waals surface area contributed by atoms with Gasteiger partial charge in [0.2, 0.25) is 0 Å². The Morgan fingerprint density at radius 1 is 1.60 bits per heavy atom. The topological polar surface area (TPSA) is 38.9 Å². The average Bonchev–Trinajstić information content (AvgIpc) is 3.04. The number of pyridine rings is 1. The summed E-state index contributed by atoms with van der Waals surface area (Å²) in [6.07, 6.45) is 7.01. The van der Waals surface area contributed by atoms with E-state index in [0.717, 1.165) is 22.9 Å². The maximum Gasteiger partial charge on any atom is 0.0621 e. The second kappa shape index (κ2) is 4.50. The Kier molecular flexibility index (Phi) is 3.27. The van der Waals surface area contributed by atoms with Gasteiger partial charge in [-0.2, -0.15) is 0 Å². The molecule has 2 rings (SSSR count). The molecule has 15 heavy (non-hydrogen) atoms. The first-order valence-corrected chi connectivity index (χ1v) is 5.90. The van der Waals surface area contributed by atoms with E-state index in [9.17, 15) is 0 Å². The van der Waals surface area contributed by atoms with Crippen molar-refractivity contribution in [3.63, 3.8) is 0 Å². The van der Waals surface area contributed by atoms with Crippen LogP contribution >= 0.6 is 11.6 Å². The molecule has 1 aliphatic rings. The van der Waals surface area contributed by atoms with Gasteiger partial charge in [0, 0.05) is 18.4 Å². The van der Waals surface area contributed by atoms with Gasteiger partial charge in [-0.05, 0) is 42.7 Å². The van der Waals surface area contributed by atoms with Gasteiger partial charge >= 0.3 is 0 Å². The molecule has 0 bridgehead atoms. The molecule has 1 aromatic rings. The van der Waals surface area contributed by atoms with Gasteiger partial charge < -0.3 is 5.73 Å². The fourth-order valence-corrected chi connectivity index (χ4v) is 2.18. The predicted molar refractivity (Wildman–Crippen MR) is 62.8 cm³/mol. The van der Waals surface area contributed by atoms with Crippen molar-refractivity contribution in [1.82, 2.24) is 4.98 Å². The molecule has 1 aliphatic carbocycles. The van der Waals surface area contributed by atoms with Gasteiger partial charge in [-0.1, -0.05) is 18.5 Å². The van der Waals surface area contributed by atoms with Crippen LogP contribution < -0.4 is 5.73 Å². The number of aromatic nitrogens is 1. The van der Waals surface area contributed by atoms with E-state index in [4.69, 9.17) is 17.3 Å². The number of nitrogens with zero attached hydrogens (tertiary/aromatic N) is 1. The molecule has 0 amide bonds. The summed E-state index contributed by atoms with van der Waals surface area (Å²) in [4.78, 5) is 3.97. The lowest BCUT2D eigenvalue weighted by Gasteiger charge is -2.19. The summed E-state index contributed by atoms with van der Waals surface area (Å²) in [5.41, 5.74) is 7.30. The lowest BCUT2D eigenvalue weighted by Crippen LogP contribution is -2.31. The quantitative estimate of drug-likeness (QED) is 0.854. The molecule has 2 nitrogen and oxygen atoms in total. The molecule has 2 unspecified atom stereocenters. The minimum Gasteiger partial charge on any atom is -0.327 e. The first-order valence-electron chi connectivity index (χ1n) is 5.52. The van der Waals surface area contributed by atoms with E-state index >= 15 is 0 Å². The summed E-state index contributed by atoms with van der Waals surface area (Å²) in [6, 6.07) is 2.18. The highest BCUT2D eigenvalue weighted by atomic mass is 35.5. The normalized spacial score (nSPS) is 19.9. The zero-order valence-electron chi connectivity index (χ0n) is 8.99. The van der Waals surface area contributed by atoms with E-state index in [1.165, 1.54) is 12.8 Å². The lowest BCUT2D eigenvalue weighted by atomic mass is 9.92. The van der Waals surface area contributed by atoms with Crippen LogP contribution in [0.2, 0.25) is 5.02 Å². The standard InChI is InChI=1S/C12H17ClN2/c1-8(9-2-3-9)12(14)6-10-4-5-15-7-11(10)13/h4-5,7-9,12H,2-3,6,14H2,1H3. The van der Waals surface area contributed by atoms with Crippen molar-refractivity contribution in [2.75, 3.05) is 0 Å². The summed E-state index contributed by atoms with van der Waals surface area (Å²) < 4.78 is 0. The van der Waals surface area contributed by atoms with Crippen molar-refractivity contribution in [1.29, 1.82) is 0 Å². The van der Waals surface area contributed by atoms with Crippen LogP contribution in [0.25, 0.3) is 0 Å². The van der Waals surface area contributed by atoms with Crippen LogP contribution in [0.3, 0.4) is 0 Å². The first-order chi connectivity index (χ1) is 7.18. The Labute approximate surface area is 95.8 Å². The average molecular weight is 225 g/mol. The number of halogens is 1. The molecule has 0 radical (unpaired) electrons. The Morgan fingerprint density at radius 3 is 2.93 bits per heavy atom. The maximum absolute atomic E-state index is 6.18. The number of rotatable bonds is 4. The molecule has 0 aliphatic heterocycles. The monoisotopic (exact) mass is 224 g/mol. The number of nitrogens with two attached hydrogens (primary N) is 1. The molecule has 0 aromatic carbocycles. The summed E-state index contributed by atoms with van der Waals surface area (Å²) in [5, 5.41) is 0.732. The van der Waals surface area contributed by atoms with Crippen molar-refractivity contribution in [3.8, 4) is 0 Å². The molecule has 1 fully saturated rings. The van der Waals surface area contributed by atoms with Gasteiger partial charge in [0.05, 0.1) is 5.02 Å². The van der Waals surface area contributed by atoms with Crippen LogP contribution in [-0.2, 0) is 6.42 Å². The predicted octanol–water partition coefficient (Wildman–Crippen LogP) is 2.65. The maximum atomic E-state index is 6.18. The van der Waals surface area contributed by atoms with Crippen LogP contribution in [0.5, 0.6) is 0 Å². The highest BCUT2D eigenvalue weighted by molar-refractivity contribution is 6.31. The molecular formula is C12H17ClN2. The van der Waals surface area contributed by atoms with Crippen molar-refractivity contribution >= 4 is 11.6 Å². The second-order valence-electron chi connectivity index (χ2n) is 4.53. The Bertz CT molecular complexity index is 336. The minimum absolute atomic E-state index is 0.220. The first kappa shape index (κ1) is 10.9. The third kappa shape index (κ3) is 2.70. The summed E-state index contributed by atoms with van der Waals surface area (Å²) >= 11 is 6.05. The minimum atomic E-state index is 0.220. The van der Waals surface area contributed by atoms with E-state index in [2.05, 4.69) is 11.9 Å². The van der Waals surface area contributed by atoms with Gasteiger partial charge in [-0.25, -0.2) is 0 Å². The van der Waals surface area contributed by atoms with Crippen LogP contribution in [0, 0.1) is 11.8 Å². The molecule has 2 N–H and O–H groups in total. The molecule has 1 heterocycles. The van der Waals surface area contributed by atoms with Crippen LogP contribution in [-0.4, -0.2) is 11.0 Å². The molecule has 3 heteroatoms. The van der Waals surface area contributed by atoms with Gasteiger partial charge in [0.25, 0.3) is 0 Å². The zero-order valence-corrected chi connectivity index (χ0v) is 9.74. The molecule has 0 spiro atoms. The SMILES string of the molecule is CC(C(N)Cc1ccncc1Cl)C1CC1. The van der Waals surface area contributed by atoms with Crippen molar-refractivity contribution < 1.29 is 0 Å². The largest absolute Gasteiger partial charge is 0.327 e. The molecule has 0 saturated heterocycles. The van der Waals surface area contributed by atoms with Crippen LogP contribution in [0.4, 0.5) is 0 Å². The van der Waals surface area contributed by atoms with Gasteiger partial charge in [0.15, 0.2) is 0 Å².